The molecule has 122 valence electrons. The number of thiocarbonyl (C=S) groups is 1. The largest absolute Gasteiger partial charge is 0.622 e. The van der Waals surface area contributed by atoms with Crippen LogP contribution in [0.4, 0.5) is 5.69 Å². The molecule has 0 aliphatic carbocycles. The van der Waals surface area contributed by atoms with Crippen molar-refractivity contribution in [2.75, 3.05) is 6.54 Å². The van der Waals surface area contributed by atoms with E-state index in [0.717, 1.165) is 4.74 Å². The molecule has 0 bridgehead atoms. The topological polar surface area (TPSA) is 72.5 Å². The van der Waals surface area contributed by atoms with Crippen LogP contribution >= 0.6 is 24.0 Å². The zero-order valence-corrected chi connectivity index (χ0v) is 14.5. The molecule has 0 unspecified atom stereocenters. The molecule has 1 aromatic rings. The minimum Gasteiger partial charge on any atom is -0.622 e. The van der Waals surface area contributed by atoms with Crippen LogP contribution in [0.2, 0.25) is 0 Å². The summed E-state index contributed by atoms with van der Waals surface area (Å²) in [7, 11) is 0. The van der Waals surface area contributed by atoms with E-state index >= 15 is 0 Å². The van der Waals surface area contributed by atoms with Crippen molar-refractivity contribution in [1.29, 1.82) is 0 Å². The van der Waals surface area contributed by atoms with Gasteiger partial charge in [-0.1, -0.05) is 30.1 Å². The Kier molecular flexibility index (Phi) is 5.06. The molecule has 0 radical (unpaired) electrons. The van der Waals surface area contributed by atoms with E-state index in [1.807, 2.05) is 18.7 Å². The molecule has 2 rings (SSSR count). The van der Waals surface area contributed by atoms with Gasteiger partial charge in [-0.3, -0.25) is 15.0 Å². The predicted octanol–water partition coefficient (Wildman–Crippen LogP) is 3.15. The smallest absolute Gasteiger partial charge is 0.269 e. The zero-order valence-electron chi connectivity index (χ0n) is 12.8. The fraction of sp³-hybridized carbons (Fsp3) is 0.333. The van der Waals surface area contributed by atoms with E-state index in [1.165, 1.54) is 30.1 Å². The molecular formula is C15H17N3O3S2. The van der Waals surface area contributed by atoms with E-state index < -0.39 is 11.1 Å². The van der Waals surface area contributed by atoms with Crippen LogP contribution in [0.15, 0.2) is 36.9 Å². The molecule has 1 heterocycles. The van der Waals surface area contributed by atoms with Crippen molar-refractivity contribution < 1.29 is 9.66 Å². The lowest BCUT2D eigenvalue weighted by Gasteiger charge is -2.29. The minimum atomic E-state index is -0.473. The quantitative estimate of drug-likeness (QED) is 0.154. The molecule has 23 heavy (non-hydrogen) atoms. The fourth-order valence-corrected chi connectivity index (χ4v) is 4.37. The highest BCUT2D eigenvalue weighted by molar-refractivity contribution is 8.24. The molecule has 0 N–H and O–H groups in total. The number of non-ortho nitro benzene ring substituents is 1. The first-order valence-corrected chi connectivity index (χ1v) is 8.14. The fourth-order valence-electron chi connectivity index (χ4n) is 2.47. The van der Waals surface area contributed by atoms with Gasteiger partial charge < -0.3 is 5.21 Å². The molecule has 0 spiro atoms. The predicted molar refractivity (Wildman–Crippen MR) is 96.8 cm³/mol. The van der Waals surface area contributed by atoms with Crippen LogP contribution in [0.3, 0.4) is 0 Å². The Morgan fingerprint density at radius 1 is 1.39 bits per heavy atom. The maximum atomic E-state index is 12.7. The standard InChI is InChI=1S/C15H17N3O3S2/c1-4-9-16-13(15(2,3)23-14(16)22)17(19)10-11-5-7-12(8-6-11)18(20)21/h4-8,10,13H,1,9H2,2-3H3/b17-10-/t13-/m0/s1. The highest BCUT2D eigenvalue weighted by Crippen LogP contribution is 2.41. The minimum absolute atomic E-state index is 0.00851. The summed E-state index contributed by atoms with van der Waals surface area (Å²) in [5.41, 5.74) is 0.591. The Bertz CT molecular complexity index is 671. The molecule has 1 fully saturated rings. The van der Waals surface area contributed by atoms with Crippen LogP contribution in [0.25, 0.3) is 0 Å². The highest BCUT2D eigenvalue weighted by atomic mass is 32.2. The van der Waals surface area contributed by atoms with Gasteiger partial charge in [-0.2, -0.15) is 4.74 Å². The SMILES string of the molecule is C=CCN1C(=S)SC(C)(C)[C@@H]1/[N+]([O-])=C/c1ccc([N+](=O)[O-])cc1. The molecule has 1 aliphatic rings. The van der Waals surface area contributed by atoms with Gasteiger partial charge >= 0.3 is 0 Å². The summed E-state index contributed by atoms with van der Waals surface area (Å²) in [6.07, 6.45) is 2.68. The summed E-state index contributed by atoms with van der Waals surface area (Å²) in [4.78, 5) is 12.0. The zero-order chi connectivity index (χ0) is 17.2. The number of hydrogen-bond donors (Lipinski definition) is 0. The van der Waals surface area contributed by atoms with Gasteiger partial charge in [-0.15, -0.1) is 6.58 Å². The van der Waals surface area contributed by atoms with Gasteiger partial charge in [0.1, 0.15) is 9.07 Å². The first-order valence-electron chi connectivity index (χ1n) is 6.91. The lowest BCUT2D eigenvalue weighted by Crippen LogP contribution is -2.47. The Balaban J connectivity index is 2.32. The van der Waals surface area contributed by atoms with Crippen molar-refractivity contribution in [2.24, 2.45) is 0 Å². The molecule has 0 aromatic heterocycles. The van der Waals surface area contributed by atoms with Crippen LogP contribution in [-0.2, 0) is 0 Å². The average molecular weight is 351 g/mol. The molecule has 0 amide bonds. The van der Waals surface area contributed by atoms with Gasteiger partial charge in [0.05, 0.1) is 4.92 Å². The Morgan fingerprint density at radius 3 is 2.52 bits per heavy atom. The normalized spacial score (nSPS) is 20.6. The van der Waals surface area contributed by atoms with E-state index in [-0.39, 0.29) is 10.4 Å². The number of thioether (sulfide) groups is 1. The van der Waals surface area contributed by atoms with E-state index in [4.69, 9.17) is 12.2 Å². The maximum Gasteiger partial charge on any atom is 0.269 e. The second-order valence-electron chi connectivity index (χ2n) is 5.62. The Labute approximate surface area is 144 Å². The summed E-state index contributed by atoms with van der Waals surface area (Å²) in [5, 5.41) is 23.3. The molecule has 8 heteroatoms. The van der Waals surface area contributed by atoms with Crippen molar-refractivity contribution in [3.8, 4) is 0 Å². The maximum absolute atomic E-state index is 12.7. The van der Waals surface area contributed by atoms with Gasteiger partial charge in [-0.25, -0.2) is 0 Å². The molecule has 1 saturated heterocycles. The van der Waals surface area contributed by atoms with Crippen LogP contribution < -0.4 is 0 Å². The number of rotatable bonds is 5. The summed E-state index contributed by atoms with van der Waals surface area (Å²) in [5.74, 6) is 0. The highest BCUT2D eigenvalue weighted by Gasteiger charge is 2.49. The third-order valence-corrected chi connectivity index (χ3v) is 5.08. The first-order chi connectivity index (χ1) is 10.8. The lowest BCUT2D eigenvalue weighted by molar-refractivity contribution is -0.523. The van der Waals surface area contributed by atoms with Crippen LogP contribution in [0.1, 0.15) is 19.4 Å². The monoisotopic (exact) mass is 351 g/mol. The average Bonchev–Trinajstić information content (AvgIpc) is 2.69. The third kappa shape index (κ3) is 3.70. The number of benzene rings is 1. The molecule has 1 aliphatic heterocycles. The van der Waals surface area contributed by atoms with Crippen molar-refractivity contribution >= 4 is 40.2 Å². The van der Waals surface area contributed by atoms with E-state index in [0.29, 0.717) is 16.4 Å². The lowest BCUT2D eigenvalue weighted by atomic mass is 10.1. The molecule has 1 atom stereocenters. The number of nitro groups is 1. The van der Waals surface area contributed by atoms with Crippen LogP contribution in [0.5, 0.6) is 0 Å². The molecule has 6 nitrogen and oxygen atoms in total. The molecule has 1 aromatic carbocycles. The molecular weight excluding hydrogens is 334 g/mol. The van der Waals surface area contributed by atoms with E-state index in [1.54, 1.807) is 18.2 Å². The van der Waals surface area contributed by atoms with Gasteiger partial charge in [0.15, 0.2) is 6.21 Å². The summed E-state index contributed by atoms with van der Waals surface area (Å²) in [6, 6.07) is 5.85. The van der Waals surface area contributed by atoms with Crippen molar-refractivity contribution in [3.05, 3.63) is 57.8 Å². The van der Waals surface area contributed by atoms with Crippen molar-refractivity contribution in [3.63, 3.8) is 0 Å². The second-order valence-corrected chi connectivity index (χ2v) is 7.91. The van der Waals surface area contributed by atoms with Gasteiger partial charge in [0.25, 0.3) is 11.9 Å². The summed E-state index contributed by atoms with van der Waals surface area (Å²) >= 11 is 6.83. The number of nitro benzene ring substituents is 1. The number of hydroxylamine groups is 1. The van der Waals surface area contributed by atoms with Gasteiger partial charge in [0.2, 0.25) is 0 Å². The number of nitrogens with zero attached hydrogens (tertiary/aromatic N) is 3. The first kappa shape index (κ1) is 17.4. The Morgan fingerprint density at radius 2 is 2.00 bits per heavy atom. The van der Waals surface area contributed by atoms with E-state index in [9.17, 15) is 15.3 Å². The van der Waals surface area contributed by atoms with Crippen molar-refractivity contribution in [2.45, 2.75) is 24.8 Å². The Hall–Kier alpha value is -1.93. The van der Waals surface area contributed by atoms with Gasteiger partial charge in [0, 0.05) is 24.2 Å². The molecule has 0 saturated carbocycles. The van der Waals surface area contributed by atoms with Crippen LogP contribution in [0, 0.1) is 15.3 Å². The third-order valence-electron chi connectivity index (χ3n) is 3.45. The van der Waals surface area contributed by atoms with E-state index in [2.05, 4.69) is 6.58 Å². The number of hydrogen-bond acceptors (Lipinski definition) is 5. The van der Waals surface area contributed by atoms with Gasteiger partial charge in [-0.05, 0) is 26.0 Å². The van der Waals surface area contributed by atoms with Crippen LogP contribution in [-0.4, -0.2) is 42.6 Å². The van der Waals surface area contributed by atoms with Crippen molar-refractivity contribution in [1.82, 2.24) is 4.90 Å². The summed E-state index contributed by atoms with van der Waals surface area (Å²) < 4.78 is 1.15. The second kappa shape index (κ2) is 6.67. The summed E-state index contributed by atoms with van der Waals surface area (Å²) in [6.45, 7) is 8.13.